The molecule has 1 aliphatic heterocycles. The Morgan fingerprint density at radius 3 is 2.71 bits per heavy atom. The van der Waals surface area contributed by atoms with Crippen LogP contribution in [-0.4, -0.2) is 30.8 Å². The van der Waals surface area contributed by atoms with Gasteiger partial charge in [-0.15, -0.1) is 0 Å². The SMILES string of the molecule is N#Cc1ccc(S(=O)(=O)N2CC=CCC2)cn1. The topological polar surface area (TPSA) is 74.1 Å². The lowest BCUT2D eigenvalue weighted by Crippen LogP contribution is -2.33. The first-order valence-corrected chi connectivity index (χ1v) is 6.60. The van der Waals surface area contributed by atoms with E-state index in [-0.39, 0.29) is 10.6 Å². The smallest absolute Gasteiger partial charge is 0.244 e. The Kier molecular flexibility index (Phi) is 3.22. The fourth-order valence-corrected chi connectivity index (χ4v) is 2.94. The first-order chi connectivity index (χ1) is 8.14. The fraction of sp³-hybridized carbons (Fsp3) is 0.273. The maximum Gasteiger partial charge on any atom is 0.244 e. The summed E-state index contributed by atoms with van der Waals surface area (Å²) in [7, 11) is -3.48. The van der Waals surface area contributed by atoms with Gasteiger partial charge in [-0.25, -0.2) is 13.4 Å². The van der Waals surface area contributed by atoms with Gasteiger partial charge in [0.05, 0.1) is 0 Å². The molecule has 1 aliphatic rings. The van der Waals surface area contributed by atoms with Crippen molar-refractivity contribution in [2.24, 2.45) is 0 Å². The molecule has 88 valence electrons. The third kappa shape index (κ3) is 2.35. The number of pyridine rings is 1. The van der Waals surface area contributed by atoms with Gasteiger partial charge in [0.2, 0.25) is 10.0 Å². The van der Waals surface area contributed by atoms with E-state index in [1.807, 2.05) is 18.2 Å². The van der Waals surface area contributed by atoms with E-state index in [4.69, 9.17) is 5.26 Å². The van der Waals surface area contributed by atoms with Gasteiger partial charge >= 0.3 is 0 Å². The van der Waals surface area contributed by atoms with Crippen molar-refractivity contribution in [1.82, 2.24) is 9.29 Å². The molecular formula is C11H11N3O2S. The summed E-state index contributed by atoms with van der Waals surface area (Å²) in [5.74, 6) is 0. The zero-order chi connectivity index (χ0) is 12.3. The van der Waals surface area contributed by atoms with Crippen LogP contribution < -0.4 is 0 Å². The number of rotatable bonds is 2. The average Bonchev–Trinajstić information content (AvgIpc) is 2.40. The molecule has 5 nitrogen and oxygen atoms in total. The van der Waals surface area contributed by atoms with Gasteiger partial charge in [-0.2, -0.15) is 9.57 Å². The van der Waals surface area contributed by atoms with Crippen molar-refractivity contribution in [2.75, 3.05) is 13.1 Å². The first kappa shape index (κ1) is 11.8. The molecule has 0 spiro atoms. The first-order valence-electron chi connectivity index (χ1n) is 5.16. The Hall–Kier alpha value is -1.71. The van der Waals surface area contributed by atoms with Crippen molar-refractivity contribution in [3.05, 3.63) is 36.2 Å². The summed E-state index contributed by atoms with van der Waals surface area (Å²) in [5.41, 5.74) is 0.211. The molecule has 17 heavy (non-hydrogen) atoms. The predicted molar refractivity (Wildman–Crippen MR) is 61.5 cm³/mol. The van der Waals surface area contributed by atoms with Crippen LogP contribution in [0, 0.1) is 11.3 Å². The summed E-state index contributed by atoms with van der Waals surface area (Å²) in [6.45, 7) is 0.876. The normalized spacial score (nSPS) is 16.6. The molecule has 0 saturated heterocycles. The standard InChI is InChI=1S/C11H11N3O2S/c12-8-10-4-5-11(9-13-10)17(15,16)14-6-2-1-3-7-14/h1-2,4-5,9H,3,6-7H2. The molecular weight excluding hydrogens is 238 g/mol. The van der Waals surface area contributed by atoms with Crippen molar-refractivity contribution in [3.8, 4) is 6.07 Å². The summed E-state index contributed by atoms with van der Waals surface area (Å²) in [4.78, 5) is 3.90. The summed E-state index contributed by atoms with van der Waals surface area (Å²) in [5, 5.41) is 8.60. The van der Waals surface area contributed by atoms with Gasteiger partial charge in [0.15, 0.2) is 0 Å². The molecule has 0 atom stereocenters. The van der Waals surface area contributed by atoms with E-state index < -0.39 is 10.0 Å². The second-order valence-corrected chi connectivity index (χ2v) is 5.55. The molecule has 0 radical (unpaired) electrons. The summed E-state index contributed by atoms with van der Waals surface area (Å²) in [6.07, 6.45) is 5.75. The molecule has 0 N–H and O–H groups in total. The third-order valence-electron chi connectivity index (χ3n) is 2.51. The lowest BCUT2D eigenvalue weighted by Gasteiger charge is -2.22. The second-order valence-electron chi connectivity index (χ2n) is 3.61. The Balaban J connectivity index is 2.31. The Morgan fingerprint density at radius 1 is 1.35 bits per heavy atom. The molecule has 0 aromatic carbocycles. The van der Waals surface area contributed by atoms with Crippen LogP contribution in [-0.2, 0) is 10.0 Å². The quantitative estimate of drug-likeness (QED) is 0.730. The lowest BCUT2D eigenvalue weighted by molar-refractivity contribution is 0.437. The van der Waals surface area contributed by atoms with Crippen LogP contribution >= 0.6 is 0 Å². The van der Waals surface area contributed by atoms with Crippen LogP contribution in [0.2, 0.25) is 0 Å². The van der Waals surface area contributed by atoms with E-state index in [2.05, 4.69) is 4.98 Å². The van der Waals surface area contributed by atoms with Crippen molar-refractivity contribution < 1.29 is 8.42 Å². The second kappa shape index (κ2) is 4.65. The lowest BCUT2D eigenvalue weighted by atomic mass is 10.3. The number of aromatic nitrogens is 1. The minimum atomic E-state index is -3.48. The molecule has 1 aromatic heterocycles. The van der Waals surface area contributed by atoms with Crippen molar-refractivity contribution in [1.29, 1.82) is 5.26 Å². The zero-order valence-corrected chi connectivity index (χ0v) is 9.89. The number of sulfonamides is 1. The number of nitrogens with zero attached hydrogens (tertiary/aromatic N) is 3. The molecule has 1 aromatic rings. The third-order valence-corrected chi connectivity index (χ3v) is 4.36. The van der Waals surface area contributed by atoms with Gasteiger partial charge in [-0.3, -0.25) is 0 Å². The van der Waals surface area contributed by atoms with Crippen LogP contribution in [0.15, 0.2) is 35.4 Å². The van der Waals surface area contributed by atoms with Gasteiger partial charge < -0.3 is 0 Å². The monoisotopic (exact) mass is 249 g/mol. The summed E-state index contributed by atoms with van der Waals surface area (Å²) < 4.78 is 25.7. The molecule has 0 unspecified atom stereocenters. The van der Waals surface area contributed by atoms with Crippen LogP contribution in [0.1, 0.15) is 12.1 Å². The molecule has 2 rings (SSSR count). The number of nitriles is 1. The molecule has 2 heterocycles. The Bertz CT molecular complexity index is 570. The number of hydrogen-bond acceptors (Lipinski definition) is 4. The van der Waals surface area contributed by atoms with Crippen molar-refractivity contribution in [3.63, 3.8) is 0 Å². The fourth-order valence-electron chi connectivity index (χ4n) is 1.59. The van der Waals surface area contributed by atoms with Gasteiger partial charge in [0.25, 0.3) is 0 Å². The van der Waals surface area contributed by atoms with E-state index in [0.29, 0.717) is 13.1 Å². The minimum absolute atomic E-state index is 0.131. The largest absolute Gasteiger partial charge is 0.244 e. The highest BCUT2D eigenvalue weighted by Gasteiger charge is 2.24. The maximum absolute atomic E-state index is 12.2. The molecule has 0 aliphatic carbocycles. The van der Waals surface area contributed by atoms with E-state index in [1.54, 1.807) is 0 Å². The Labute approximate surface area is 100 Å². The van der Waals surface area contributed by atoms with Gasteiger partial charge in [-0.1, -0.05) is 12.2 Å². The predicted octanol–water partition coefficient (Wildman–Crippen LogP) is 0.904. The number of hydrogen-bond donors (Lipinski definition) is 0. The minimum Gasteiger partial charge on any atom is -0.244 e. The van der Waals surface area contributed by atoms with Crippen LogP contribution in [0.25, 0.3) is 0 Å². The van der Waals surface area contributed by atoms with Crippen molar-refractivity contribution in [2.45, 2.75) is 11.3 Å². The van der Waals surface area contributed by atoms with E-state index in [0.717, 1.165) is 6.42 Å². The van der Waals surface area contributed by atoms with Crippen LogP contribution in [0.5, 0.6) is 0 Å². The van der Waals surface area contributed by atoms with E-state index in [9.17, 15) is 8.42 Å². The molecule has 6 heteroatoms. The van der Waals surface area contributed by atoms with E-state index in [1.165, 1.54) is 22.6 Å². The summed E-state index contributed by atoms with van der Waals surface area (Å²) >= 11 is 0. The highest BCUT2D eigenvalue weighted by molar-refractivity contribution is 7.89. The van der Waals surface area contributed by atoms with Gasteiger partial charge in [-0.05, 0) is 18.6 Å². The Morgan fingerprint density at radius 2 is 2.18 bits per heavy atom. The maximum atomic E-state index is 12.2. The average molecular weight is 249 g/mol. The van der Waals surface area contributed by atoms with Crippen molar-refractivity contribution >= 4 is 10.0 Å². The summed E-state index contributed by atoms with van der Waals surface area (Å²) in [6, 6.07) is 4.68. The molecule has 0 bridgehead atoms. The molecule has 0 saturated carbocycles. The molecule has 0 fully saturated rings. The zero-order valence-electron chi connectivity index (χ0n) is 9.07. The van der Waals surface area contributed by atoms with E-state index >= 15 is 0 Å². The van der Waals surface area contributed by atoms with Gasteiger partial charge in [0, 0.05) is 19.3 Å². The highest BCUT2D eigenvalue weighted by atomic mass is 32.2. The molecule has 0 amide bonds. The highest BCUT2D eigenvalue weighted by Crippen LogP contribution is 2.17. The van der Waals surface area contributed by atoms with Crippen LogP contribution in [0.4, 0.5) is 0 Å². The van der Waals surface area contributed by atoms with Crippen LogP contribution in [0.3, 0.4) is 0 Å². The van der Waals surface area contributed by atoms with Gasteiger partial charge in [0.1, 0.15) is 16.7 Å².